The number of ether oxygens (including phenoxy) is 2. The maximum atomic E-state index is 12.4. The minimum absolute atomic E-state index is 0.106. The van der Waals surface area contributed by atoms with Crippen molar-refractivity contribution in [2.45, 2.75) is 11.3 Å². The van der Waals surface area contributed by atoms with Gasteiger partial charge in [-0.25, -0.2) is 13.1 Å². The van der Waals surface area contributed by atoms with Crippen LogP contribution in [0.5, 0.6) is 11.5 Å². The lowest BCUT2D eigenvalue weighted by molar-refractivity contribution is -0.115. The molecule has 2 aromatic rings. The van der Waals surface area contributed by atoms with E-state index in [4.69, 9.17) is 9.47 Å². The van der Waals surface area contributed by atoms with Gasteiger partial charge in [0.15, 0.2) is 11.5 Å². The molecular weight excluding hydrogens is 344 g/mol. The number of hydrogen-bond acceptors (Lipinski definition) is 5. The van der Waals surface area contributed by atoms with Gasteiger partial charge in [-0.3, -0.25) is 4.79 Å². The SMILES string of the molecule is COc1ccccc1OCCNS(=O)(=O)c1ccc2c(c1)CC(=O)N2. The van der Waals surface area contributed by atoms with Crippen LogP contribution in [0.4, 0.5) is 5.69 Å². The summed E-state index contributed by atoms with van der Waals surface area (Å²) < 4.78 is 37.9. The van der Waals surface area contributed by atoms with E-state index in [0.717, 1.165) is 0 Å². The van der Waals surface area contributed by atoms with E-state index in [2.05, 4.69) is 10.0 Å². The fourth-order valence-electron chi connectivity index (χ4n) is 2.53. The largest absolute Gasteiger partial charge is 0.493 e. The molecule has 8 heteroatoms. The molecule has 0 aliphatic carbocycles. The Hall–Kier alpha value is -2.58. The molecule has 1 amide bonds. The molecule has 0 aromatic heterocycles. The quantitative estimate of drug-likeness (QED) is 0.729. The predicted molar refractivity (Wildman–Crippen MR) is 92.5 cm³/mol. The molecule has 2 aromatic carbocycles. The molecule has 0 spiro atoms. The smallest absolute Gasteiger partial charge is 0.240 e. The van der Waals surface area contributed by atoms with E-state index in [1.54, 1.807) is 25.3 Å². The molecule has 0 atom stereocenters. The van der Waals surface area contributed by atoms with E-state index in [-0.39, 0.29) is 30.4 Å². The van der Waals surface area contributed by atoms with Crippen LogP contribution in [0.2, 0.25) is 0 Å². The molecule has 1 aliphatic heterocycles. The highest BCUT2D eigenvalue weighted by Crippen LogP contribution is 2.26. The Morgan fingerprint density at radius 1 is 1.16 bits per heavy atom. The third-order valence-corrected chi connectivity index (χ3v) is 5.19. The number of sulfonamides is 1. The Morgan fingerprint density at radius 2 is 1.92 bits per heavy atom. The number of anilines is 1. The van der Waals surface area contributed by atoms with Crippen LogP contribution in [0.15, 0.2) is 47.4 Å². The number of carbonyl (C=O) groups is 1. The van der Waals surface area contributed by atoms with Crippen molar-refractivity contribution in [2.24, 2.45) is 0 Å². The molecule has 1 heterocycles. The van der Waals surface area contributed by atoms with Crippen LogP contribution in [-0.4, -0.2) is 34.6 Å². The fourth-order valence-corrected chi connectivity index (χ4v) is 3.59. The van der Waals surface area contributed by atoms with E-state index < -0.39 is 10.0 Å². The van der Waals surface area contributed by atoms with Gasteiger partial charge in [-0.05, 0) is 35.9 Å². The van der Waals surface area contributed by atoms with E-state index >= 15 is 0 Å². The molecule has 0 unspecified atom stereocenters. The van der Waals surface area contributed by atoms with Gasteiger partial charge in [0.25, 0.3) is 0 Å². The van der Waals surface area contributed by atoms with Crippen molar-refractivity contribution in [3.05, 3.63) is 48.0 Å². The number of amides is 1. The van der Waals surface area contributed by atoms with E-state index in [1.165, 1.54) is 12.1 Å². The number of para-hydroxylation sites is 2. The summed E-state index contributed by atoms with van der Waals surface area (Å²) in [5.41, 5.74) is 1.33. The van der Waals surface area contributed by atoms with Crippen LogP contribution < -0.4 is 19.5 Å². The van der Waals surface area contributed by atoms with Crippen molar-refractivity contribution in [2.75, 3.05) is 25.6 Å². The Morgan fingerprint density at radius 3 is 2.68 bits per heavy atom. The average molecular weight is 362 g/mol. The molecule has 0 saturated carbocycles. The first-order chi connectivity index (χ1) is 12.0. The maximum absolute atomic E-state index is 12.4. The van der Waals surface area contributed by atoms with Gasteiger partial charge in [0, 0.05) is 12.2 Å². The minimum Gasteiger partial charge on any atom is -0.493 e. The number of hydrogen-bond donors (Lipinski definition) is 2. The molecule has 1 aliphatic rings. The summed E-state index contributed by atoms with van der Waals surface area (Å²) in [6, 6.07) is 11.7. The molecule has 0 bridgehead atoms. The molecule has 7 nitrogen and oxygen atoms in total. The van der Waals surface area contributed by atoms with Crippen molar-refractivity contribution in [3.63, 3.8) is 0 Å². The van der Waals surface area contributed by atoms with E-state index in [0.29, 0.717) is 22.7 Å². The zero-order chi connectivity index (χ0) is 17.9. The lowest BCUT2D eigenvalue weighted by Gasteiger charge is -2.11. The lowest BCUT2D eigenvalue weighted by atomic mass is 10.2. The zero-order valence-electron chi connectivity index (χ0n) is 13.6. The normalized spacial score (nSPS) is 13.2. The first-order valence-corrected chi connectivity index (χ1v) is 9.16. The van der Waals surface area contributed by atoms with Crippen LogP contribution >= 0.6 is 0 Å². The van der Waals surface area contributed by atoms with E-state index in [9.17, 15) is 13.2 Å². The predicted octanol–water partition coefficient (Wildman–Crippen LogP) is 1.55. The minimum atomic E-state index is -3.67. The van der Waals surface area contributed by atoms with Gasteiger partial charge in [0.05, 0.1) is 18.4 Å². The number of nitrogens with one attached hydrogen (secondary N) is 2. The topological polar surface area (TPSA) is 93.7 Å². The molecule has 2 N–H and O–H groups in total. The van der Waals surface area contributed by atoms with Crippen molar-refractivity contribution in [1.82, 2.24) is 4.72 Å². The average Bonchev–Trinajstić information content (AvgIpc) is 2.98. The van der Waals surface area contributed by atoms with Gasteiger partial charge in [-0.15, -0.1) is 0 Å². The number of methoxy groups -OCH3 is 1. The Kier molecular flexibility index (Phi) is 4.91. The van der Waals surface area contributed by atoms with Gasteiger partial charge < -0.3 is 14.8 Å². The highest BCUT2D eigenvalue weighted by molar-refractivity contribution is 7.89. The third kappa shape index (κ3) is 3.92. The second kappa shape index (κ2) is 7.12. The standard InChI is InChI=1S/C17H18N2O5S/c1-23-15-4-2-3-5-16(15)24-9-8-18-25(21,22)13-6-7-14-12(10-13)11-17(20)19-14/h2-7,10,18H,8-9,11H2,1H3,(H,19,20). The lowest BCUT2D eigenvalue weighted by Crippen LogP contribution is -2.28. The molecule has 3 rings (SSSR count). The Bertz CT molecular complexity index is 896. The van der Waals surface area contributed by atoms with Crippen LogP contribution in [0.1, 0.15) is 5.56 Å². The van der Waals surface area contributed by atoms with Crippen molar-refractivity contribution in [1.29, 1.82) is 0 Å². The Balaban J connectivity index is 1.59. The van der Waals surface area contributed by atoms with Gasteiger partial charge in [-0.2, -0.15) is 0 Å². The second-order valence-corrected chi connectivity index (χ2v) is 7.21. The summed E-state index contributed by atoms with van der Waals surface area (Å²) in [6.07, 6.45) is 0.190. The molecular formula is C17H18N2O5S. The number of fused-ring (bicyclic) bond motifs is 1. The molecule has 0 saturated heterocycles. The first kappa shape index (κ1) is 17.2. The maximum Gasteiger partial charge on any atom is 0.240 e. The van der Waals surface area contributed by atoms with Crippen LogP contribution in [0.25, 0.3) is 0 Å². The zero-order valence-corrected chi connectivity index (χ0v) is 14.4. The van der Waals surface area contributed by atoms with Crippen LogP contribution in [0.3, 0.4) is 0 Å². The summed E-state index contributed by atoms with van der Waals surface area (Å²) in [7, 11) is -2.13. The monoisotopic (exact) mass is 362 g/mol. The van der Waals surface area contributed by atoms with Crippen molar-refractivity contribution >= 4 is 21.6 Å². The number of benzene rings is 2. The summed E-state index contributed by atoms with van der Waals surface area (Å²) in [6.45, 7) is 0.263. The summed E-state index contributed by atoms with van der Waals surface area (Å²) in [4.78, 5) is 11.5. The number of rotatable bonds is 7. The first-order valence-electron chi connectivity index (χ1n) is 7.68. The fraction of sp³-hybridized carbons (Fsp3) is 0.235. The molecule has 25 heavy (non-hydrogen) atoms. The second-order valence-electron chi connectivity index (χ2n) is 5.44. The highest BCUT2D eigenvalue weighted by Gasteiger charge is 2.21. The van der Waals surface area contributed by atoms with Gasteiger partial charge in [0.1, 0.15) is 6.61 Å². The Labute approximate surface area is 146 Å². The summed E-state index contributed by atoms with van der Waals surface area (Å²) in [5, 5.41) is 2.67. The van der Waals surface area contributed by atoms with Crippen LogP contribution in [-0.2, 0) is 21.2 Å². The van der Waals surface area contributed by atoms with Gasteiger partial charge in [0.2, 0.25) is 15.9 Å². The molecule has 132 valence electrons. The number of carbonyl (C=O) groups excluding carboxylic acids is 1. The van der Waals surface area contributed by atoms with Crippen LogP contribution in [0, 0.1) is 0 Å². The van der Waals surface area contributed by atoms with Crippen molar-refractivity contribution in [3.8, 4) is 11.5 Å². The van der Waals surface area contributed by atoms with Gasteiger partial charge in [-0.1, -0.05) is 12.1 Å². The highest BCUT2D eigenvalue weighted by atomic mass is 32.2. The molecule has 0 radical (unpaired) electrons. The summed E-state index contributed by atoms with van der Waals surface area (Å²) >= 11 is 0. The van der Waals surface area contributed by atoms with E-state index in [1.807, 2.05) is 12.1 Å². The van der Waals surface area contributed by atoms with Gasteiger partial charge >= 0.3 is 0 Å². The summed E-state index contributed by atoms with van der Waals surface area (Å²) in [5.74, 6) is 0.996. The third-order valence-electron chi connectivity index (χ3n) is 3.73. The molecule has 0 fully saturated rings. The van der Waals surface area contributed by atoms with Crippen molar-refractivity contribution < 1.29 is 22.7 Å².